The molecular formula is C13H16N2OS. The molecule has 0 amide bonds. The molecule has 0 bridgehead atoms. The van der Waals surface area contributed by atoms with Crippen LogP contribution in [0.15, 0.2) is 35.8 Å². The van der Waals surface area contributed by atoms with E-state index in [9.17, 15) is 5.11 Å². The molecule has 1 atom stereocenters. The molecule has 0 aromatic carbocycles. The van der Waals surface area contributed by atoms with E-state index in [1.165, 1.54) is 4.88 Å². The Bertz CT molecular complexity index is 468. The van der Waals surface area contributed by atoms with Crippen molar-refractivity contribution in [1.29, 1.82) is 0 Å². The Morgan fingerprint density at radius 1 is 1.47 bits per heavy atom. The van der Waals surface area contributed by atoms with E-state index in [0.717, 1.165) is 17.9 Å². The van der Waals surface area contributed by atoms with Crippen LogP contribution in [0.1, 0.15) is 23.5 Å². The Morgan fingerprint density at radius 3 is 2.94 bits per heavy atom. The number of thiophene rings is 1. The molecule has 90 valence electrons. The molecule has 0 spiro atoms. The number of aliphatic hydroxyl groups excluding tert-OH is 1. The number of aromatic nitrogens is 1. The Morgan fingerprint density at radius 2 is 2.29 bits per heavy atom. The minimum Gasteiger partial charge on any atom is -0.389 e. The Hall–Kier alpha value is -1.39. The molecule has 2 rings (SSSR count). The van der Waals surface area contributed by atoms with Gasteiger partial charge in [0.1, 0.15) is 5.82 Å². The number of hydrogen-bond donors (Lipinski definition) is 1. The van der Waals surface area contributed by atoms with Crippen molar-refractivity contribution >= 4 is 17.2 Å². The standard InChI is InChI=1S/C13H16N2OS/c1-10(16)11-5-6-14-13(8-11)15(2)9-12-4-3-7-17-12/h3-8,10,16H,9H2,1-2H3/t10-/m1/s1. The van der Waals surface area contributed by atoms with E-state index >= 15 is 0 Å². The van der Waals surface area contributed by atoms with Gasteiger partial charge in [0.2, 0.25) is 0 Å². The molecule has 0 saturated carbocycles. The van der Waals surface area contributed by atoms with E-state index in [4.69, 9.17) is 0 Å². The summed E-state index contributed by atoms with van der Waals surface area (Å²) in [4.78, 5) is 7.71. The summed E-state index contributed by atoms with van der Waals surface area (Å²) in [6.07, 6.45) is 1.29. The first-order valence-corrected chi connectivity index (χ1v) is 6.42. The Balaban J connectivity index is 2.13. The molecule has 0 fully saturated rings. The normalized spacial score (nSPS) is 12.4. The molecule has 1 N–H and O–H groups in total. The second kappa shape index (κ2) is 5.29. The lowest BCUT2D eigenvalue weighted by molar-refractivity contribution is 0.199. The molecule has 0 unspecified atom stereocenters. The summed E-state index contributed by atoms with van der Waals surface area (Å²) >= 11 is 1.74. The molecule has 2 aromatic heterocycles. The molecule has 2 aromatic rings. The van der Waals surface area contributed by atoms with Gasteiger partial charge in [0.05, 0.1) is 12.6 Å². The summed E-state index contributed by atoms with van der Waals surface area (Å²) in [7, 11) is 2.01. The van der Waals surface area contributed by atoms with Gasteiger partial charge in [-0.2, -0.15) is 0 Å². The smallest absolute Gasteiger partial charge is 0.128 e. The average molecular weight is 248 g/mol. The zero-order chi connectivity index (χ0) is 12.3. The lowest BCUT2D eigenvalue weighted by Gasteiger charge is -2.18. The first-order chi connectivity index (χ1) is 8.16. The van der Waals surface area contributed by atoms with Crippen LogP contribution in [0.5, 0.6) is 0 Å². The fraction of sp³-hybridized carbons (Fsp3) is 0.308. The van der Waals surface area contributed by atoms with Crippen molar-refractivity contribution in [3.63, 3.8) is 0 Å². The third-order valence-electron chi connectivity index (χ3n) is 2.62. The van der Waals surface area contributed by atoms with E-state index in [1.807, 2.05) is 25.2 Å². The number of anilines is 1. The third-order valence-corrected chi connectivity index (χ3v) is 3.48. The molecule has 0 aliphatic heterocycles. The Kier molecular flexibility index (Phi) is 3.76. The molecule has 0 aliphatic carbocycles. The van der Waals surface area contributed by atoms with Crippen LogP contribution in [0.3, 0.4) is 0 Å². The van der Waals surface area contributed by atoms with Gasteiger partial charge in [0.15, 0.2) is 0 Å². The highest BCUT2D eigenvalue weighted by molar-refractivity contribution is 7.09. The monoisotopic (exact) mass is 248 g/mol. The first-order valence-electron chi connectivity index (χ1n) is 5.54. The molecule has 2 heterocycles. The van der Waals surface area contributed by atoms with Crippen molar-refractivity contribution in [3.05, 3.63) is 46.3 Å². The summed E-state index contributed by atoms with van der Waals surface area (Å²) in [5.74, 6) is 0.886. The molecule has 0 radical (unpaired) electrons. The summed E-state index contributed by atoms with van der Waals surface area (Å²) in [6, 6.07) is 7.93. The predicted molar refractivity (Wildman–Crippen MR) is 71.3 cm³/mol. The van der Waals surface area contributed by atoms with Gasteiger partial charge in [0.25, 0.3) is 0 Å². The molecule has 3 nitrogen and oxygen atoms in total. The second-order valence-corrected chi connectivity index (χ2v) is 5.09. The van der Waals surface area contributed by atoms with Crippen LogP contribution >= 0.6 is 11.3 Å². The zero-order valence-corrected chi connectivity index (χ0v) is 10.8. The highest BCUT2D eigenvalue weighted by Crippen LogP contribution is 2.19. The summed E-state index contributed by atoms with van der Waals surface area (Å²) in [6.45, 7) is 2.60. The molecular weight excluding hydrogens is 232 g/mol. The summed E-state index contributed by atoms with van der Waals surface area (Å²) in [5.41, 5.74) is 0.896. The van der Waals surface area contributed by atoms with Crippen molar-refractivity contribution in [2.45, 2.75) is 19.6 Å². The van der Waals surface area contributed by atoms with Crippen molar-refractivity contribution in [1.82, 2.24) is 4.98 Å². The van der Waals surface area contributed by atoms with Crippen LogP contribution in [0.25, 0.3) is 0 Å². The fourth-order valence-electron chi connectivity index (χ4n) is 1.62. The van der Waals surface area contributed by atoms with Gasteiger partial charge in [-0.05, 0) is 36.1 Å². The number of nitrogens with zero attached hydrogens (tertiary/aromatic N) is 2. The van der Waals surface area contributed by atoms with E-state index in [-0.39, 0.29) is 0 Å². The second-order valence-electron chi connectivity index (χ2n) is 4.06. The minimum atomic E-state index is -0.452. The zero-order valence-electron chi connectivity index (χ0n) is 10.00. The van der Waals surface area contributed by atoms with Gasteiger partial charge in [-0.1, -0.05) is 6.07 Å². The maximum absolute atomic E-state index is 9.54. The predicted octanol–water partition coefficient (Wildman–Crippen LogP) is 2.83. The SMILES string of the molecule is C[C@@H](O)c1ccnc(N(C)Cc2cccs2)c1. The van der Waals surface area contributed by atoms with E-state index < -0.39 is 6.10 Å². The number of rotatable bonds is 4. The van der Waals surface area contributed by atoms with Gasteiger partial charge in [-0.15, -0.1) is 11.3 Å². The highest BCUT2D eigenvalue weighted by atomic mass is 32.1. The van der Waals surface area contributed by atoms with Crippen molar-refractivity contribution in [2.24, 2.45) is 0 Å². The fourth-order valence-corrected chi connectivity index (χ4v) is 2.38. The van der Waals surface area contributed by atoms with Crippen LogP contribution in [-0.4, -0.2) is 17.1 Å². The van der Waals surface area contributed by atoms with Crippen LogP contribution in [0.2, 0.25) is 0 Å². The highest BCUT2D eigenvalue weighted by Gasteiger charge is 2.07. The van der Waals surface area contributed by atoms with Crippen molar-refractivity contribution in [3.8, 4) is 0 Å². The average Bonchev–Trinajstić information content (AvgIpc) is 2.82. The summed E-state index contributed by atoms with van der Waals surface area (Å²) < 4.78 is 0. The first kappa shape index (κ1) is 12.1. The van der Waals surface area contributed by atoms with Crippen LogP contribution in [-0.2, 0) is 6.54 Å². The van der Waals surface area contributed by atoms with Gasteiger partial charge >= 0.3 is 0 Å². The minimum absolute atomic E-state index is 0.452. The number of hydrogen-bond acceptors (Lipinski definition) is 4. The van der Waals surface area contributed by atoms with Crippen LogP contribution < -0.4 is 4.90 Å². The maximum Gasteiger partial charge on any atom is 0.128 e. The molecule has 17 heavy (non-hydrogen) atoms. The largest absolute Gasteiger partial charge is 0.389 e. The molecule has 0 saturated heterocycles. The number of aliphatic hydroxyl groups is 1. The lowest BCUT2D eigenvalue weighted by Crippen LogP contribution is -2.17. The maximum atomic E-state index is 9.54. The van der Waals surface area contributed by atoms with Crippen LogP contribution in [0, 0.1) is 0 Å². The lowest BCUT2D eigenvalue weighted by atomic mass is 10.2. The van der Waals surface area contributed by atoms with E-state index in [2.05, 4.69) is 21.3 Å². The molecule has 4 heteroatoms. The van der Waals surface area contributed by atoms with E-state index in [1.54, 1.807) is 24.5 Å². The van der Waals surface area contributed by atoms with Gasteiger partial charge in [0, 0.05) is 18.1 Å². The van der Waals surface area contributed by atoms with Gasteiger partial charge in [-0.25, -0.2) is 4.98 Å². The quantitative estimate of drug-likeness (QED) is 0.904. The van der Waals surface area contributed by atoms with Gasteiger partial charge < -0.3 is 10.0 Å². The van der Waals surface area contributed by atoms with Crippen molar-refractivity contribution in [2.75, 3.05) is 11.9 Å². The molecule has 0 aliphatic rings. The topological polar surface area (TPSA) is 36.4 Å². The summed E-state index contributed by atoms with van der Waals surface area (Å²) in [5, 5.41) is 11.6. The number of pyridine rings is 1. The third kappa shape index (κ3) is 3.05. The Labute approximate surface area is 105 Å². The van der Waals surface area contributed by atoms with Gasteiger partial charge in [-0.3, -0.25) is 0 Å². The van der Waals surface area contributed by atoms with Crippen LogP contribution in [0.4, 0.5) is 5.82 Å². The van der Waals surface area contributed by atoms with E-state index in [0.29, 0.717) is 0 Å². The van der Waals surface area contributed by atoms with Crippen molar-refractivity contribution < 1.29 is 5.11 Å².